The molecule has 0 aromatic heterocycles. The van der Waals surface area contributed by atoms with Crippen molar-refractivity contribution in [3.8, 4) is 0 Å². The van der Waals surface area contributed by atoms with E-state index in [1.165, 1.54) is 25.7 Å². The maximum atomic E-state index is 11.7. The van der Waals surface area contributed by atoms with Gasteiger partial charge in [0, 0.05) is 12.5 Å². The number of fused-ring (bicyclic) bond motifs is 1. The van der Waals surface area contributed by atoms with Gasteiger partial charge in [-0.05, 0) is 32.2 Å². The standard InChI is InChI=1S/C12H21NO/c1-3-12(14)11-8-9-6-4-5-7-10(9)13(11)2/h9-11H,3-8H2,1-2H3/t9?,10?,11-/m0/s1. The van der Waals surface area contributed by atoms with Crippen LogP contribution >= 0.6 is 0 Å². The second-order valence-corrected chi connectivity index (χ2v) is 4.85. The van der Waals surface area contributed by atoms with Crippen LogP contribution in [0.25, 0.3) is 0 Å². The summed E-state index contributed by atoms with van der Waals surface area (Å²) in [5, 5.41) is 0. The molecule has 2 fully saturated rings. The molecule has 0 bridgehead atoms. The molecule has 2 nitrogen and oxygen atoms in total. The fourth-order valence-electron chi connectivity index (χ4n) is 3.28. The van der Waals surface area contributed by atoms with E-state index >= 15 is 0 Å². The third-order valence-corrected chi connectivity index (χ3v) is 4.13. The van der Waals surface area contributed by atoms with Crippen molar-refractivity contribution in [1.82, 2.24) is 4.90 Å². The maximum absolute atomic E-state index is 11.7. The monoisotopic (exact) mass is 195 g/mol. The summed E-state index contributed by atoms with van der Waals surface area (Å²) in [7, 11) is 2.15. The molecule has 2 rings (SSSR count). The van der Waals surface area contributed by atoms with Crippen LogP contribution in [-0.4, -0.2) is 29.8 Å². The van der Waals surface area contributed by atoms with Crippen LogP contribution in [0.1, 0.15) is 45.4 Å². The van der Waals surface area contributed by atoms with Gasteiger partial charge in [0.25, 0.3) is 0 Å². The van der Waals surface area contributed by atoms with Crippen LogP contribution in [-0.2, 0) is 4.79 Å². The molecule has 3 atom stereocenters. The van der Waals surface area contributed by atoms with E-state index in [0.717, 1.165) is 12.3 Å². The molecule has 1 saturated heterocycles. The van der Waals surface area contributed by atoms with E-state index in [1.54, 1.807) is 0 Å². The van der Waals surface area contributed by atoms with Crippen molar-refractivity contribution < 1.29 is 4.79 Å². The normalized spacial score (nSPS) is 38.3. The summed E-state index contributed by atoms with van der Waals surface area (Å²) >= 11 is 0. The lowest BCUT2D eigenvalue weighted by Crippen LogP contribution is -2.38. The summed E-state index contributed by atoms with van der Waals surface area (Å²) in [6.07, 6.45) is 7.24. The largest absolute Gasteiger partial charge is 0.298 e. The number of likely N-dealkylation sites (N-methyl/N-ethyl adjacent to an activating group) is 1. The first-order chi connectivity index (χ1) is 6.74. The highest BCUT2D eigenvalue weighted by atomic mass is 16.1. The molecule has 14 heavy (non-hydrogen) atoms. The Hall–Kier alpha value is -0.370. The van der Waals surface area contributed by atoms with Gasteiger partial charge >= 0.3 is 0 Å². The molecule has 2 unspecified atom stereocenters. The lowest BCUT2D eigenvalue weighted by molar-refractivity contribution is -0.123. The minimum absolute atomic E-state index is 0.244. The molecule has 1 heterocycles. The highest BCUT2D eigenvalue weighted by Crippen LogP contribution is 2.38. The highest BCUT2D eigenvalue weighted by molar-refractivity contribution is 5.84. The van der Waals surface area contributed by atoms with Gasteiger partial charge in [0.15, 0.2) is 0 Å². The van der Waals surface area contributed by atoms with Crippen molar-refractivity contribution in [2.75, 3.05) is 7.05 Å². The van der Waals surface area contributed by atoms with Crippen LogP contribution in [0.4, 0.5) is 0 Å². The third-order valence-electron chi connectivity index (χ3n) is 4.13. The molecule has 0 amide bonds. The number of carbonyl (C=O) groups excluding carboxylic acids is 1. The fourth-order valence-corrected chi connectivity index (χ4v) is 3.28. The number of hydrogen-bond donors (Lipinski definition) is 0. The smallest absolute Gasteiger partial charge is 0.149 e. The Bertz CT molecular complexity index is 226. The van der Waals surface area contributed by atoms with Crippen LogP contribution < -0.4 is 0 Å². The average molecular weight is 195 g/mol. The molecule has 0 aromatic rings. The van der Waals surface area contributed by atoms with Crippen molar-refractivity contribution in [3.63, 3.8) is 0 Å². The van der Waals surface area contributed by atoms with Crippen LogP contribution in [0, 0.1) is 5.92 Å². The first-order valence-corrected chi connectivity index (χ1v) is 5.98. The summed E-state index contributed by atoms with van der Waals surface area (Å²) in [4.78, 5) is 14.1. The Morgan fingerprint density at radius 1 is 1.36 bits per heavy atom. The SMILES string of the molecule is CCC(=O)[C@@H]1CC2CCCCC2N1C. The fraction of sp³-hybridized carbons (Fsp3) is 0.917. The van der Waals surface area contributed by atoms with Gasteiger partial charge in [0.2, 0.25) is 0 Å². The summed E-state index contributed by atoms with van der Waals surface area (Å²) < 4.78 is 0. The number of likely N-dealkylation sites (tertiary alicyclic amines) is 1. The van der Waals surface area contributed by atoms with E-state index in [-0.39, 0.29) is 6.04 Å². The van der Waals surface area contributed by atoms with E-state index in [1.807, 2.05) is 6.92 Å². The minimum atomic E-state index is 0.244. The molecule has 0 spiro atoms. The van der Waals surface area contributed by atoms with Crippen LogP contribution in [0.3, 0.4) is 0 Å². The molecule has 2 aliphatic rings. The number of carbonyl (C=O) groups is 1. The van der Waals surface area contributed by atoms with Gasteiger partial charge in [0.05, 0.1) is 6.04 Å². The van der Waals surface area contributed by atoms with E-state index in [0.29, 0.717) is 18.2 Å². The van der Waals surface area contributed by atoms with Crippen LogP contribution in [0.15, 0.2) is 0 Å². The van der Waals surface area contributed by atoms with Crippen LogP contribution in [0.5, 0.6) is 0 Å². The van der Waals surface area contributed by atoms with E-state index in [9.17, 15) is 4.79 Å². The molecule has 1 aliphatic carbocycles. The molecular formula is C12H21NO. The molecule has 0 N–H and O–H groups in total. The van der Waals surface area contributed by atoms with Gasteiger partial charge in [-0.1, -0.05) is 19.8 Å². The Kier molecular flexibility index (Phi) is 2.91. The number of Topliss-reactive ketones (excluding diaryl/α,β-unsaturated/α-hetero) is 1. The van der Waals surface area contributed by atoms with Gasteiger partial charge in [-0.15, -0.1) is 0 Å². The Morgan fingerprint density at radius 3 is 2.71 bits per heavy atom. The zero-order valence-electron chi connectivity index (χ0n) is 9.33. The summed E-state index contributed by atoms with van der Waals surface area (Å²) in [5.74, 6) is 1.26. The van der Waals surface area contributed by atoms with Gasteiger partial charge in [-0.2, -0.15) is 0 Å². The zero-order valence-corrected chi connectivity index (χ0v) is 9.33. The first-order valence-electron chi connectivity index (χ1n) is 5.98. The van der Waals surface area contributed by atoms with E-state index < -0.39 is 0 Å². The minimum Gasteiger partial charge on any atom is -0.298 e. The van der Waals surface area contributed by atoms with Gasteiger partial charge in [0.1, 0.15) is 5.78 Å². The Labute approximate surface area is 86.7 Å². The third kappa shape index (κ3) is 1.60. The predicted molar refractivity (Wildman–Crippen MR) is 57.2 cm³/mol. The topological polar surface area (TPSA) is 20.3 Å². The molecule has 0 radical (unpaired) electrons. The molecular weight excluding hydrogens is 174 g/mol. The molecule has 1 saturated carbocycles. The van der Waals surface area contributed by atoms with Crippen molar-refractivity contribution in [1.29, 1.82) is 0 Å². The lowest BCUT2D eigenvalue weighted by Gasteiger charge is -2.30. The quantitative estimate of drug-likeness (QED) is 0.673. The second kappa shape index (κ2) is 4.01. The van der Waals surface area contributed by atoms with Crippen molar-refractivity contribution in [3.05, 3.63) is 0 Å². The highest BCUT2D eigenvalue weighted by Gasteiger charge is 2.41. The van der Waals surface area contributed by atoms with Crippen molar-refractivity contribution in [2.24, 2.45) is 5.92 Å². The van der Waals surface area contributed by atoms with E-state index in [4.69, 9.17) is 0 Å². The van der Waals surface area contributed by atoms with Gasteiger partial charge in [-0.25, -0.2) is 0 Å². The van der Waals surface area contributed by atoms with Crippen LogP contribution in [0.2, 0.25) is 0 Å². The number of nitrogens with zero attached hydrogens (tertiary/aromatic N) is 1. The summed E-state index contributed by atoms with van der Waals surface area (Å²) in [6.45, 7) is 1.98. The first kappa shape index (κ1) is 10.2. The van der Waals surface area contributed by atoms with Gasteiger partial charge in [-0.3, -0.25) is 9.69 Å². The summed E-state index contributed by atoms with van der Waals surface area (Å²) in [6, 6.07) is 0.956. The van der Waals surface area contributed by atoms with Crippen molar-refractivity contribution >= 4 is 5.78 Å². The molecule has 2 heteroatoms. The number of rotatable bonds is 2. The second-order valence-electron chi connectivity index (χ2n) is 4.85. The van der Waals surface area contributed by atoms with Crippen molar-refractivity contribution in [2.45, 2.75) is 57.5 Å². The average Bonchev–Trinajstić information content (AvgIpc) is 2.56. The zero-order chi connectivity index (χ0) is 10.1. The maximum Gasteiger partial charge on any atom is 0.149 e. The Balaban J connectivity index is 2.06. The molecule has 0 aromatic carbocycles. The van der Waals surface area contributed by atoms with E-state index in [2.05, 4.69) is 11.9 Å². The molecule has 80 valence electrons. The number of hydrogen-bond acceptors (Lipinski definition) is 2. The lowest BCUT2D eigenvalue weighted by atomic mass is 9.84. The number of ketones is 1. The predicted octanol–water partition coefficient (Wildman–Crippen LogP) is 2.23. The summed E-state index contributed by atoms with van der Waals surface area (Å²) in [5.41, 5.74) is 0. The van der Waals surface area contributed by atoms with Gasteiger partial charge < -0.3 is 0 Å². The molecule has 1 aliphatic heterocycles. The Morgan fingerprint density at radius 2 is 2.07 bits per heavy atom.